The number of halogens is 2. The van der Waals surface area contributed by atoms with Crippen LogP contribution in [0.1, 0.15) is 0 Å². The molecular weight excluding hydrogens is 281 g/mol. The summed E-state index contributed by atoms with van der Waals surface area (Å²) in [5.41, 5.74) is 0. The minimum absolute atomic E-state index is 0.107. The van der Waals surface area contributed by atoms with Crippen LogP contribution in [0.3, 0.4) is 0 Å². The van der Waals surface area contributed by atoms with Gasteiger partial charge in [0.15, 0.2) is 0 Å². The van der Waals surface area contributed by atoms with Crippen molar-refractivity contribution in [3.05, 3.63) is 0 Å². The van der Waals surface area contributed by atoms with Crippen LogP contribution in [0.4, 0.5) is 0 Å². The van der Waals surface area contributed by atoms with Crippen molar-refractivity contribution in [2.24, 2.45) is 0 Å². The zero-order chi connectivity index (χ0) is 12.8. The van der Waals surface area contributed by atoms with Crippen LogP contribution in [-0.2, 0) is 15.0 Å². The second-order valence-electron chi connectivity index (χ2n) is 3.18. The number of aliphatic hydroxyl groups excluding tert-OH is 1. The molecule has 0 aromatic heterocycles. The number of likely N-dealkylation sites (N-methyl/N-ethyl adjacent to an activating group) is 1. The van der Waals surface area contributed by atoms with Crippen LogP contribution < -0.4 is 0 Å². The standard InChI is InChI=1S/C7H15Cl2NO5S/c1-10(16(12,13)14)4-6(11)5-15-7(2-8)3-9/h6-7,11H,2-5H2,1H3,(H,12,13,14)/t6-/m0/s1. The predicted molar refractivity (Wildman–Crippen MR) is 61.4 cm³/mol. The van der Waals surface area contributed by atoms with Crippen molar-refractivity contribution >= 4 is 33.5 Å². The summed E-state index contributed by atoms with van der Waals surface area (Å²) >= 11 is 11.0. The number of ether oxygens (including phenoxy) is 1. The fraction of sp³-hybridized carbons (Fsp3) is 1.00. The maximum absolute atomic E-state index is 10.6. The van der Waals surface area contributed by atoms with Crippen molar-refractivity contribution in [2.75, 3.05) is 32.0 Å². The van der Waals surface area contributed by atoms with Crippen molar-refractivity contribution < 1.29 is 22.8 Å². The molecule has 0 aromatic carbocycles. The van der Waals surface area contributed by atoms with E-state index in [1.165, 1.54) is 0 Å². The maximum Gasteiger partial charge on any atom is 0.335 e. The van der Waals surface area contributed by atoms with E-state index in [9.17, 15) is 13.5 Å². The minimum atomic E-state index is -4.28. The molecule has 0 aliphatic carbocycles. The van der Waals surface area contributed by atoms with Gasteiger partial charge in [0.05, 0.1) is 18.8 Å². The summed E-state index contributed by atoms with van der Waals surface area (Å²) in [6, 6.07) is 0. The molecule has 0 aliphatic rings. The summed E-state index contributed by atoms with van der Waals surface area (Å²) in [7, 11) is -3.14. The van der Waals surface area contributed by atoms with Gasteiger partial charge in [0, 0.05) is 25.4 Å². The predicted octanol–water partition coefficient (Wildman–Crippen LogP) is -0.0553. The third kappa shape index (κ3) is 6.85. The summed E-state index contributed by atoms with van der Waals surface area (Å²) in [5, 5.41) is 9.39. The molecule has 0 bridgehead atoms. The highest BCUT2D eigenvalue weighted by Crippen LogP contribution is 2.02. The van der Waals surface area contributed by atoms with E-state index >= 15 is 0 Å². The topological polar surface area (TPSA) is 87.1 Å². The minimum Gasteiger partial charge on any atom is -0.389 e. The molecule has 0 aromatic rings. The number of hydrogen-bond acceptors (Lipinski definition) is 4. The second-order valence-corrected chi connectivity index (χ2v) is 5.31. The smallest absolute Gasteiger partial charge is 0.335 e. The molecule has 1 atom stereocenters. The van der Waals surface area contributed by atoms with E-state index < -0.39 is 22.5 Å². The monoisotopic (exact) mass is 295 g/mol. The summed E-state index contributed by atoms with van der Waals surface area (Å²) in [6.45, 7) is -0.375. The largest absolute Gasteiger partial charge is 0.389 e. The molecule has 16 heavy (non-hydrogen) atoms. The SMILES string of the molecule is CN(C[C@H](O)COC(CCl)CCl)S(=O)(=O)O. The van der Waals surface area contributed by atoms with Gasteiger partial charge in [-0.15, -0.1) is 23.2 Å². The number of nitrogens with zero attached hydrogens (tertiary/aromatic N) is 1. The molecule has 9 heteroatoms. The van der Waals surface area contributed by atoms with E-state index in [0.717, 1.165) is 7.05 Å². The Morgan fingerprint density at radius 1 is 1.38 bits per heavy atom. The molecule has 2 N–H and O–H groups in total. The molecule has 0 radical (unpaired) electrons. The van der Waals surface area contributed by atoms with Gasteiger partial charge in [-0.1, -0.05) is 0 Å². The van der Waals surface area contributed by atoms with Crippen LogP contribution in [-0.4, -0.2) is 66.5 Å². The Kier molecular flexibility index (Phi) is 7.83. The van der Waals surface area contributed by atoms with Gasteiger partial charge in [0.1, 0.15) is 0 Å². The first kappa shape index (κ1) is 16.4. The number of hydrogen-bond donors (Lipinski definition) is 2. The average Bonchev–Trinajstić information content (AvgIpc) is 2.17. The normalized spacial score (nSPS) is 14.7. The quantitative estimate of drug-likeness (QED) is 0.484. The van der Waals surface area contributed by atoms with Gasteiger partial charge in [0.2, 0.25) is 0 Å². The van der Waals surface area contributed by atoms with Crippen LogP contribution in [0.5, 0.6) is 0 Å². The maximum atomic E-state index is 10.6. The molecule has 0 unspecified atom stereocenters. The van der Waals surface area contributed by atoms with Gasteiger partial charge in [-0.2, -0.15) is 12.7 Å². The zero-order valence-corrected chi connectivity index (χ0v) is 11.0. The van der Waals surface area contributed by atoms with E-state index in [2.05, 4.69) is 0 Å². The lowest BCUT2D eigenvalue weighted by Crippen LogP contribution is -2.37. The molecule has 98 valence electrons. The lowest BCUT2D eigenvalue weighted by Gasteiger charge is -2.19. The molecule has 0 fully saturated rings. The number of aliphatic hydroxyl groups is 1. The van der Waals surface area contributed by atoms with Crippen molar-refractivity contribution in [1.29, 1.82) is 0 Å². The van der Waals surface area contributed by atoms with E-state index in [-0.39, 0.29) is 24.9 Å². The third-order valence-electron chi connectivity index (χ3n) is 1.73. The van der Waals surface area contributed by atoms with Gasteiger partial charge in [0.25, 0.3) is 0 Å². The Morgan fingerprint density at radius 3 is 2.25 bits per heavy atom. The molecule has 0 heterocycles. The molecule has 0 saturated heterocycles. The highest BCUT2D eigenvalue weighted by atomic mass is 35.5. The van der Waals surface area contributed by atoms with Crippen LogP contribution >= 0.6 is 23.2 Å². The van der Waals surface area contributed by atoms with Crippen LogP contribution in [0.2, 0.25) is 0 Å². The van der Waals surface area contributed by atoms with Gasteiger partial charge in [-0.05, 0) is 0 Å². The first-order valence-electron chi connectivity index (χ1n) is 4.41. The van der Waals surface area contributed by atoms with Crippen LogP contribution in [0.25, 0.3) is 0 Å². The van der Waals surface area contributed by atoms with Gasteiger partial charge < -0.3 is 9.84 Å². The van der Waals surface area contributed by atoms with E-state index in [1.807, 2.05) is 0 Å². The van der Waals surface area contributed by atoms with Crippen molar-refractivity contribution in [3.63, 3.8) is 0 Å². The lowest BCUT2D eigenvalue weighted by molar-refractivity contribution is 0.00308. The number of rotatable bonds is 8. The molecule has 0 rings (SSSR count). The van der Waals surface area contributed by atoms with Gasteiger partial charge in [-0.3, -0.25) is 4.55 Å². The highest BCUT2D eigenvalue weighted by Gasteiger charge is 2.18. The summed E-state index contributed by atoms with van der Waals surface area (Å²) in [6.07, 6.45) is -1.45. The molecule has 0 spiro atoms. The van der Waals surface area contributed by atoms with Crippen molar-refractivity contribution in [2.45, 2.75) is 12.2 Å². The second kappa shape index (κ2) is 7.65. The average molecular weight is 296 g/mol. The number of alkyl halides is 2. The van der Waals surface area contributed by atoms with E-state index in [4.69, 9.17) is 32.5 Å². The summed E-state index contributed by atoms with van der Waals surface area (Å²) in [4.78, 5) is 0. The first-order chi connectivity index (χ1) is 7.31. The van der Waals surface area contributed by atoms with Gasteiger partial charge >= 0.3 is 10.3 Å². The fourth-order valence-corrected chi connectivity index (χ4v) is 1.69. The lowest BCUT2D eigenvalue weighted by atomic mass is 10.3. The molecule has 0 amide bonds. The van der Waals surface area contributed by atoms with Crippen LogP contribution in [0.15, 0.2) is 0 Å². The molecule has 6 nitrogen and oxygen atoms in total. The zero-order valence-electron chi connectivity index (χ0n) is 8.71. The van der Waals surface area contributed by atoms with E-state index in [1.54, 1.807) is 0 Å². The molecule has 0 saturated carbocycles. The Balaban J connectivity index is 3.95. The van der Waals surface area contributed by atoms with Crippen molar-refractivity contribution in [1.82, 2.24) is 4.31 Å². The molecule has 0 aliphatic heterocycles. The first-order valence-corrected chi connectivity index (χ1v) is 6.88. The molecular formula is C7H15Cl2NO5S. The van der Waals surface area contributed by atoms with Crippen LogP contribution in [0, 0.1) is 0 Å². The highest BCUT2D eigenvalue weighted by molar-refractivity contribution is 7.83. The summed E-state index contributed by atoms with van der Waals surface area (Å²) < 4.78 is 35.5. The third-order valence-corrected chi connectivity index (χ3v) is 3.36. The van der Waals surface area contributed by atoms with Gasteiger partial charge in [-0.25, -0.2) is 0 Å². The summed E-state index contributed by atoms with van der Waals surface area (Å²) in [5.74, 6) is 0.370. The Morgan fingerprint density at radius 2 is 1.88 bits per heavy atom. The Labute approximate surface area is 105 Å². The fourth-order valence-electron chi connectivity index (χ4n) is 0.821. The Bertz CT molecular complexity index is 283. The van der Waals surface area contributed by atoms with E-state index in [0.29, 0.717) is 4.31 Å². The van der Waals surface area contributed by atoms with Crippen molar-refractivity contribution in [3.8, 4) is 0 Å². The Hall–Kier alpha value is 0.370.